The minimum atomic E-state index is -1.37. The molecule has 0 aliphatic rings. The fraction of sp³-hybridized carbons (Fsp3) is 0.143. The van der Waals surface area contributed by atoms with Gasteiger partial charge in [-0.2, -0.15) is 0 Å². The van der Waals surface area contributed by atoms with Gasteiger partial charge in [0.15, 0.2) is 0 Å². The Balaban J connectivity index is 2.05. The van der Waals surface area contributed by atoms with Crippen LogP contribution in [0.25, 0.3) is 0 Å². The monoisotopic (exact) mass is 278 g/mol. The first-order chi connectivity index (χ1) is 9.58. The Kier molecular flexibility index (Phi) is 4.24. The van der Waals surface area contributed by atoms with E-state index in [-0.39, 0.29) is 5.69 Å². The van der Waals surface area contributed by atoms with E-state index in [1.54, 1.807) is 12.4 Å². The summed E-state index contributed by atoms with van der Waals surface area (Å²) in [7, 11) is 0. The van der Waals surface area contributed by atoms with Gasteiger partial charge in [0.05, 0.1) is 5.56 Å². The Morgan fingerprint density at radius 3 is 2.35 bits per heavy atom. The third kappa shape index (κ3) is 3.28. The van der Waals surface area contributed by atoms with E-state index in [0.717, 1.165) is 17.7 Å². The molecule has 0 fully saturated rings. The molecule has 1 aromatic heterocycles. The molecule has 0 amide bonds. The van der Waals surface area contributed by atoms with Crippen LogP contribution in [0, 0.1) is 11.6 Å². The van der Waals surface area contributed by atoms with Crippen LogP contribution in [0.15, 0.2) is 36.7 Å². The lowest BCUT2D eigenvalue weighted by molar-refractivity contribution is 0.0696. The molecule has 0 unspecified atom stereocenters. The summed E-state index contributed by atoms with van der Waals surface area (Å²) in [5, 5.41) is 11.3. The minimum absolute atomic E-state index is 0.316. The molecule has 2 N–H and O–H groups in total. The number of aromatic carboxylic acids is 1. The van der Waals surface area contributed by atoms with E-state index in [0.29, 0.717) is 13.0 Å². The van der Waals surface area contributed by atoms with Crippen molar-refractivity contribution in [2.75, 3.05) is 11.9 Å². The SMILES string of the molecule is O=C(O)c1cc(F)c(NCCc2ccncc2)c(F)c1. The van der Waals surface area contributed by atoms with Crippen LogP contribution in [0.5, 0.6) is 0 Å². The molecule has 0 radical (unpaired) electrons. The summed E-state index contributed by atoms with van der Waals surface area (Å²) in [5.41, 5.74) is 0.249. The fourth-order valence-corrected chi connectivity index (χ4v) is 1.75. The molecule has 0 spiro atoms. The van der Waals surface area contributed by atoms with Crippen LogP contribution in [0.2, 0.25) is 0 Å². The molecule has 104 valence electrons. The number of halogens is 2. The molecule has 0 atom stereocenters. The minimum Gasteiger partial charge on any atom is -0.478 e. The topological polar surface area (TPSA) is 62.2 Å². The summed E-state index contributed by atoms with van der Waals surface area (Å²) in [5.74, 6) is -3.21. The summed E-state index contributed by atoms with van der Waals surface area (Å²) in [4.78, 5) is 14.5. The zero-order chi connectivity index (χ0) is 14.5. The molecule has 2 aromatic rings. The van der Waals surface area contributed by atoms with Crippen molar-refractivity contribution < 1.29 is 18.7 Å². The summed E-state index contributed by atoms with van der Waals surface area (Å²) >= 11 is 0. The van der Waals surface area contributed by atoms with Crippen molar-refractivity contribution in [3.63, 3.8) is 0 Å². The van der Waals surface area contributed by atoms with E-state index >= 15 is 0 Å². The van der Waals surface area contributed by atoms with E-state index < -0.39 is 23.2 Å². The van der Waals surface area contributed by atoms with Crippen LogP contribution < -0.4 is 5.32 Å². The third-order valence-corrected chi connectivity index (χ3v) is 2.75. The number of hydrogen-bond acceptors (Lipinski definition) is 3. The molecular formula is C14H12F2N2O2. The number of nitrogens with one attached hydrogen (secondary N) is 1. The highest BCUT2D eigenvalue weighted by molar-refractivity contribution is 5.88. The number of anilines is 1. The average molecular weight is 278 g/mol. The number of carboxylic acids is 1. The average Bonchev–Trinajstić information content (AvgIpc) is 2.42. The van der Waals surface area contributed by atoms with Crippen molar-refractivity contribution >= 4 is 11.7 Å². The number of benzene rings is 1. The second kappa shape index (κ2) is 6.10. The maximum absolute atomic E-state index is 13.6. The lowest BCUT2D eigenvalue weighted by atomic mass is 10.1. The predicted octanol–water partition coefficient (Wildman–Crippen LogP) is 2.71. The zero-order valence-corrected chi connectivity index (χ0v) is 10.4. The van der Waals surface area contributed by atoms with Gasteiger partial charge in [0.2, 0.25) is 0 Å². The first kappa shape index (κ1) is 13.9. The zero-order valence-electron chi connectivity index (χ0n) is 10.4. The number of carboxylic acid groups (broad SMARTS) is 1. The van der Waals surface area contributed by atoms with Crippen LogP contribution in [0.4, 0.5) is 14.5 Å². The second-order valence-electron chi connectivity index (χ2n) is 4.15. The number of rotatable bonds is 5. The smallest absolute Gasteiger partial charge is 0.335 e. The van der Waals surface area contributed by atoms with Gasteiger partial charge in [0.25, 0.3) is 0 Å². The lowest BCUT2D eigenvalue weighted by Gasteiger charge is -2.09. The Labute approximate surface area is 114 Å². The number of nitrogens with zero attached hydrogens (tertiary/aromatic N) is 1. The number of carbonyl (C=O) groups is 1. The first-order valence-electron chi connectivity index (χ1n) is 5.93. The van der Waals surface area contributed by atoms with Gasteiger partial charge < -0.3 is 10.4 Å². The van der Waals surface area contributed by atoms with Crippen molar-refractivity contribution in [1.29, 1.82) is 0 Å². The van der Waals surface area contributed by atoms with Gasteiger partial charge in [-0.15, -0.1) is 0 Å². The van der Waals surface area contributed by atoms with Gasteiger partial charge in [0, 0.05) is 18.9 Å². The van der Waals surface area contributed by atoms with Gasteiger partial charge in [-0.25, -0.2) is 13.6 Å². The number of hydrogen-bond donors (Lipinski definition) is 2. The summed E-state index contributed by atoms with van der Waals surface area (Å²) in [6.45, 7) is 0.324. The number of aromatic nitrogens is 1. The third-order valence-electron chi connectivity index (χ3n) is 2.75. The molecule has 0 aliphatic carbocycles. The maximum atomic E-state index is 13.6. The predicted molar refractivity (Wildman–Crippen MR) is 69.7 cm³/mol. The van der Waals surface area contributed by atoms with E-state index in [1.807, 2.05) is 12.1 Å². The molecule has 20 heavy (non-hydrogen) atoms. The molecular weight excluding hydrogens is 266 g/mol. The molecule has 1 aromatic carbocycles. The molecule has 4 nitrogen and oxygen atoms in total. The Hall–Kier alpha value is -2.50. The van der Waals surface area contributed by atoms with E-state index in [1.165, 1.54) is 0 Å². The van der Waals surface area contributed by atoms with Crippen LogP contribution in [0.1, 0.15) is 15.9 Å². The van der Waals surface area contributed by atoms with Crippen LogP contribution in [0.3, 0.4) is 0 Å². The molecule has 1 heterocycles. The van der Waals surface area contributed by atoms with Gasteiger partial charge >= 0.3 is 5.97 Å². The lowest BCUT2D eigenvalue weighted by Crippen LogP contribution is -2.09. The standard InChI is InChI=1S/C14H12F2N2O2/c15-11-7-10(14(19)20)8-12(16)13(11)18-6-3-9-1-4-17-5-2-9/h1-2,4-5,7-8,18H,3,6H2,(H,19,20). The van der Waals surface area contributed by atoms with E-state index in [9.17, 15) is 13.6 Å². The summed E-state index contributed by atoms with van der Waals surface area (Å²) < 4.78 is 27.2. The highest BCUT2D eigenvalue weighted by Crippen LogP contribution is 2.20. The van der Waals surface area contributed by atoms with Crippen molar-refractivity contribution in [2.45, 2.75) is 6.42 Å². The quantitative estimate of drug-likeness (QED) is 0.882. The molecule has 0 saturated carbocycles. The van der Waals surface area contributed by atoms with Crippen molar-refractivity contribution in [3.05, 3.63) is 59.4 Å². The first-order valence-corrected chi connectivity index (χ1v) is 5.93. The highest BCUT2D eigenvalue weighted by atomic mass is 19.1. The van der Waals surface area contributed by atoms with Crippen LogP contribution >= 0.6 is 0 Å². The van der Waals surface area contributed by atoms with Crippen molar-refractivity contribution in [3.8, 4) is 0 Å². The second-order valence-corrected chi connectivity index (χ2v) is 4.15. The van der Waals surface area contributed by atoms with Gasteiger partial charge in [-0.05, 0) is 36.2 Å². The highest BCUT2D eigenvalue weighted by Gasteiger charge is 2.14. The molecule has 0 aliphatic heterocycles. The van der Waals surface area contributed by atoms with E-state index in [2.05, 4.69) is 10.3 Å². The summed E-state index contributed by atoms with van der Waals surface area (Å²) in [6.07, 6.45) is 3.85. The normalized spacial score (nSPS) is 10.3. The van der Waals surface area contributed by atoms with Gasteiger partial charge in [0.1, 0.15) is 17.3 Å². The van der Waals surface area contributed by atoms with Gasteiger partial charge in [-0.3, -0.25) is 4.98 Å². The largest absolute Gasteiger partial charge is 0.478 e. The van der Waals surface area contributed by atoms with Crippen molar-refractivity contribution in [2.24, 2.45) is 0 Å². The number of pyridine rings is 1. The van der Waals surface area contributed by atoms with E-state index in [4.69, 9.17) is 5.11 Å². The fourth-order valence-electron chi connectivity index (χ4n) is 1.75. The Morgan fingerprint density at radius 1 is 1.20 bits per heavy atom. The maximum Gasteiger partial charge on any atom is 0.335 e. The summed E-state index contributed by atoms with van der Waals surface area (Å²) in [6, 6.07) is 5.20. The Bertz CT molecular complexity index is 595. The van der Waals surface area contributed by atoms with Crippen molar-refractivity contribution in [1.82, 2.24) is 4.98 Å². The Morgan fingerprint density at radius 2 is 1.80 bits per heavy atom. The molecule has 0 bridgehead atoms. The van der Waals surface area contributed by atoms with Crippen LogP contribution in [-0.2, 0) is 6.42 Å². The van der Waals surface area contributed by atoms with Crippen LogP contribution in [-0.4, -0.2) is 22.6 Å². The molecule has 0 saturated heterocycles. The van der Waals surface area contributed by atoms with Gasteiger partial charge in [-0.1, -0.05) is 0 Å². The molecule has 2 rings (SSSR count). The molecule has 6 heteroatoms.